The summed E-state index contributed by atoms with van der Waals surface area (Å²) >= 11 is 0. The Balaban J connectivity index is 1.61. The van der Waals surface area contributed by atoms with E-state index in [2.05, 4.69) is 10.2 Å². The van der Waals surface area contributed by atoms with E-state index in [1.807, 2.05) is 0 Å². The molecule has 7 heteroatoms. The van der Waals surface area contributed by atoms with Gasteiger partial charge < -0.3 is 21.1 Å². The van der Waals surface area contributed by atoms with Crippen LogP contribution in [0.3, 0.4) is 0 Å². The molecule has 0 aliphatic carbocycles. The quantitative estimate of drug-likeness (QED) is 0.691. The lowest BCUT2D eigenvalue weighted by Gasteiger charge is -2.34. The third kappa shape index (κ3) is 4.64. The van der Waals surface area contributed by atoms with Gasteiger partial charge in [-0.25, -0.2) is 0 Å². The molecule has 0 bridgehead atoms. The molecule has 1 saturated heterocycles. The first kappa shape index (κ1) is 18.9. The fourth-order valence-electron chi connectivity index (χ4n) is 3.07. The summed E-state index contributed by atoms with van der Waals surface area (Å²) in [6, 6.07) is 13.7. The minimum Gasteiger partial charge on any atom is -0.397 e. The Bertz CT molecular complexity index is 799. The molecule has 1 fully saturated rings. The predicted octanol–water partition coefficient (Wildman–Crippen LogP) is 1.27. The largest absolute Gasteiger partial charge is 0.397 e. The number of nitrogens with two attached hydrogens (primary N) is 1. The van der Waals surface area contributed by atoms with Gasteiger partial charge in [0.15, 0.2) is 0 Å². The van der Waals surface area contributed by atoms with Crippen molar-refractivity contribution in [3.63, 3.8) is 0 Å². The van der Waals surface area contributed by atoms with Crippen LogP contribution in [0.25, 0.3) is 0 Å². The van der Waals surface area contributed by atoms with E-state index < -0.39 is 0 Å². The van der Waals surface area contributed by atoms with Gasteiger partial charge in [0.2, 0.25) is 0 Å². The van der Waals surface area contributed by atoms with Gasteiger partial charge in [-0.1, -0.05) is 12.1 Å². The highest BCUT2D eigenvalue weighted by molar-refractivity contribution is 6.06. The number of β-amino-alcohol motifs (C(OH)–C–C–N with tert-alkyl or cyclic N) is 1. The summed E-state index contributed by atoms with van der Waals surface area (Å²) in [5.41, 5.74) is 7.91. The number of hydrogen-bond donors (Lipinski definition) is 3. The summed E-state index contributed by atoms with van der Waals surface area (Å²) in [5.74, 6) is -0.317. The fraction of sp³-hybridized carbons (Fsp3) is 0.300. The van der Waals surface area contributed by atoms with Crippen molar-refractivity contribution in [1.29, 1.82) is 0 Å². The van der Waals surface area contributed by atoms with Crippen LogP contribution in [0.5, 0.6) is 0 Å². The van der Waals surface area contributed by atoms with E-state index in [0.29, 0.717) is 42.1 Å². The van der Waals surface area contributed by atoms with Crippen LogP contribution in [0.4, 0.5) is 11.4 Å². The van der Waals surface area contributed by atoms with Crippen LogP contribution in [-0.4, -0.2) is 66.1 Å². The highest BCUT2D eigenvalue weighted by atomic mass is 16.3. The molecule has 0 radical (unpaired) electrons. The van der Waals surface area contributed by atoms with E-state index in [1.54, 1.807) is 53.4 Å². The Hall–Kier alpha value is -2.90. The number of carbonyl (C=O) groups is 2. The summed E-state index contributed by atoms with van der Waals surface area (Å²) in [6.45, 7) is 3.54. The van der Waals surface area contributed by atoms with Gasteiger partial charge in [-0.3, -0.25) is 14.5 Å². The fourth-order valence-corrected chi connectivity index (χ4v) is 3.07. The highest BCUT2D eigenvalue weighted by Crippen LogP contribution is 2.18. The monoisotopic (exact) mass is 368 g/mol. The molecule has 7 nitrogen and oxygen atoms in total. The van der Waals surface area contributed by atoms with Crippen molar-refractivity contribution in [3.05, 3.63) is 59.7 Å². The second-order valence-electron chi connectivity index (χ2n) is 6.48. The minimum absolute atomic E-state index is 0.0436. The van der Waals surface area contributed by atoms with E-state index in [0.717, 1.165) is 13.1 Å². The number of nitrogen functional groups attached to an aromatic ring is 1. The summed E-state index contributed by atoms with van der Waals surface area (Å²) < 4.78 is 0. The van der Waals surface area contributed by atoms with Crippen LogP contribution in [0, 0.1) is 0 Å². The van der Waals surface area contributed by atoms with Crippen molar-refractivity contribution in [2.24, 2.45) is 0 Å². The number of nitrogens with zero attached hydrogens (tertiary/aromatic N) is 2. The maximum atomic E-state index is 12.6. The molecule has 27 heavy (non-hydrogen) atoms. The molecule has 0 spiro atoms. The first-order valence-corrected chi connectivity index (χ1v) is 8.97. The van der Waals surface area contributed by atoms with Crippen LogP contribution < -0.4 is 11.1 Å². The number of benzene rings is 2. The molecule has 4 N–H and O–H groups in total. The molecular formula is C20H24N4O3. The lowest BCUT2D eigenvalue weighted by Crippen LogP contribution is -2.49. The zero-order chi connectivity index (χ0) is 19.2. The number of hydrogen-bond acceptors (Lipinski definition) is 5. The van der Waals surface area contributed by atoms with E-state index in [9.17, 15) is 9.59 Å². The number of rotatable bonds is 5. The third-order valence-corrected chi connectivity index (χ3v) is 4.68. The Morgan fingerprint density at radius 1 is 0.963 bits per heavy atom. The van der Waals surface area contributed by atoms with Gasteiger partial charge in [-0.2, -0.15) is 0 Å². The second kappa shape index (κ2) is 8.66. The Morgan fingerprint density at radius 2 is 1.59 bits per heavy atom. The molecule has 3 rings (SSSR count). The maximum absolute atomic E-state index is 12.6. The lowest BCUT2D eigenvalue weighted by molar-refractivity contribution is 0.0614. The lowest BCUT2D eigenvalue weighted by atomic mass is 10.1. The molecule has 0 atom stereocenters. The van der Waals surface area contributed by atoms with E-state index in [1.165, 1.54) is 0 Å². The second-order valence-corrected chi connectivity index (χ2v) is 6.48. The van der Waals surface area contributed by atoms with Gasteiger partial charge in [0.25, 0.3) is 11.8 Å². The van der Waals surface area contributed by atoms with E-state index in [-0.39, 0.29) is 18.4 Å². The average molecular weight is 368 g/mol. The van der Waals surface area contributed by atoms with Crippen molar-refractivity contribution >= 4 is 23.2 Å². The van der Waals surface area contributed by atoms with E-state index in [4.69, 9.17) is 10.8 Å². The number of aliphatic hydroxyl groups excluding tert-OH is 1. The molecule has 1 aliphatic rings. The van der Waals surface area contributed by atoms with Crippen LogP contribution in [-0.2, 0) is 0 Å². The number of aliphatic hydroxyl groups is 1. The standard InChI is InChI=1S/C20H24N4O3/c21-17-3-1-2-4-18(17)22-19(26)15-5-7-16(8-6-15)20(27)24-11-9-23(10-12-24)13-14-25/h1-8,25H,9-14,21H2,(H,22,26). The van der Waals surface area contributed by atoms with E-state index >= 15 is 0 Å². The van der Waals surface area contributed by atoms with Crippen LogP contribution in [0.15, 0.2) is 48.5 Å². The predicted molar refractivity (Wildman–Crippen MR) is 105 cm³/mol. The molecule has 0 saturated carbocycles. The molecule has 2 aromatic rings. The Labute approximate surface area is 158 Å². The molecule has 142 valence electrons. The van der Waals surface area contributed by atoms with Crippen molar-refractivity contribution in [1.82, 2.24) is 9.80 Å². The first-order chi connectivity index (χ1) is 13.1. The molecule has 0 unspecified atom stereocenters. The number of nitrogens with one attached hydrogen (secondary N) is 1. The number of anilines is 2. The smallest absolute Gasteiger partial charge is 0.255 e. The molecular weight excluding hydrogens is 344 g/mol. The highest BCUT2D eigenvalue weighted by Gasteiger charge is 2.22. The van der Waals surface area contributed by atoms with Crippen molar-refractivity contribution in [2.45, 2.75) is 0 Å². The SMILES string of the molecule is Nc1ccccc1NC(=O)c1ccc(C(=O)N2CCN(CCO)CC2)cc1. The van der Waals surface area contributed by atoms with Crippen LogP contribution in [0.1, 0.15) is 20.7 Å². The Morgan fingerprint density at radius 3 is 2.22 bits per heavy atom. The van der Waals surface area contributed by atoms with Gasteiger partial charge >= 0.3 is 0 Å². The summed E-state index contributed by atoms with van der Waals surface area (Å²) in [7, 11) is 0. The summed E-state index contributed by atoms with van der Waals surface area (Å²) in [6.07, 6.45) is 0. The first-order valence-electron chi connectivity index (χ1n) is 8.97. The number of para-hydroxylation sites is 2. The van der Waals surface area contributed by atoms with Crippen LogP contribution >= 0.6 is 0 Å². The zero-order valence-electron chi connectivity index (χ0n) is 15.1. The maximum Gasteiger partial charge on any atom is 0.255 e. The van der Waals surface area contributed by atoms with Gasteiger partial charge in [-0.15, -0.1) is 0 Å². The van der Waals surface area contributed by atoms with Gasteiger partial charge in [0, 0.05) is 43.9 Å². The zero-order valence-corrected chi connectivity index (χ0v) is 15.1. The topological polar surface area (TPSA) is 98.9 Å². The molecule has 0 aromatic heterocycles. The third-order valence-electron chi connectivity index (χ3n) is 4.68. The minimum atomic E-state index is -0.274. The van der Waals surface area contributed by atoms with Crippen molar-refractivity contribution < 1.29 is 14.7 Å². The molecule has 1 aliphatic heterocycles. The van der Waals surface area contributed by atoms with Crippen molar-refractivity contribution in [2.75, 3.05) is 50.4 Å². The number of piperazine rings is 1. The van der Waals surface area contributed by atoms with Gasteiger partial charge in [0.05, 0.1) is 18.0 Å². The van der Waals surface area contributed by atoms with Crippen LogP contribution in [0.2, 0.25) is 0 Å². The molecule has 2 aromatic carbocycles. The number of carbonyl (C=O) groups excluding carboxylic acids is 2. The summed E-state index contributed by atoms with van der Waals surface area (Å²) in [4.78, 5) is 28.9. The van der Waals surface area contributed by atoms with Crippen molar-refractivity contribution in [3.8, 4) is 0 Å². The number of amides is 2. The molecule has 1 heterocycles. The average Bonchev–Trinajstić information content (AvgIpc) is 2.70. The van der Waals surface area contributed by atoms with Gasteiger partial charge in [0.1, 0.15) is 0 Å². The Kier molecular flexibility index (Phi) is 6.05. The summed E-state index contributed by atoms with van der Waals surface area (Å²) in [5, 5.41) is 11.8. The van der Waals surface area contributed by atoms with Gasteiger partial charge in [-0.05, 0) is 36.4 Å². The molecule has 2 amide bonds. The normalized spacial score (nSPS) is 14.8.